The first-order valence-corrected chi connectivity index (χ1v) is 6.07. The molecule has 0 saturated carbocycles. The predicted octanol–water partition coefficient (Wildman–Crippen LogP) is 3.22. The van der Waals surface area contributed by atoms with Gasteiger partial charge < -0.3 is 4.74 Å². The van der Waals surface area contributed by atoms with Crippen molar-refractivity contribution < 1.29 is 14.3 Å². The fourth-order valence-electron chi connectivity index (χ4n) is 1.21. The summed E-state index contributed by atoms with van der Waals surface area (Å²) in [4.78, 5) is 26.7. The molecule has 0 fully saturated rings. The van der Waals surface area contributed by atoms with Crippen molar-refractivity contribution in [2.24, 2.45) is 0 Å². The van der Waals surface area contributed by atoms with Gasteiger partial charge in [-0.2, -0.15) is 0 Å². The Bertz CT molecular complexity index is 503. The number of nitrogens with zero attached hydrogens (tertiary/aromatic N) is 1. The Balaban J connectivity index is 3.16. The van der Waals surface area contributed by atoms with E-state index in [1.165, 1.54) is 12.1 Å². The highest BCUT2D eigenvalue weighted by Crippen LogP contribution is 2.20. The summed E-state index contributed by atoms with van der Waals surface area (Å²) in [5.74, 6) is -0.497. The second kappa shape index (κ2) is 5.44. The molecule has 0 aliphatic rings. The molecule has 1 aromatic rings. The van der Waals surface area contributed by atoms with E-state index in [1.807, 2.05) is 0 Å². The molecule has 4 nitrogen and oxygen atoms in total. The molecule has 0 aliphatic heterocycles. The van der Waals surface area contributed by atoms with Gasteiger partial charge in [-0.15, -0.1) is 0 Å². The molecule has 0 bridgehead atoms. The summed E-state index contributed by atoms with van der Waals surface area (Å²) in [5.41, 5.74) is 0.278. The van der Waals surface area contributed by atoms with Crippen LogP contribution in [0.15, 0.2) is 18.7 Å². The summed E-state index contributed by atoms with van der Waals surface area (Å²) in [6.07, 6.45) is 0.577. The lowest BCUT2D eigenvalue weighted by Crippen LogP contribution is -2.24. The van der Waals surface area contributed by atoms with Gasteiger partial charge in [0.15, 0.2) is 6.29 Å². The molecule has 1 heterocycles. The Hall–Kier alpha value is -1.49. The van der Waals surface area contributed by atoms with Crippen LogP contribution in [0.1, 0.15) is 47.3 Å². The third kappa shape index (κ3) is 4.07. The van der Waals surface area contributed by atoms with Crippen molar-refractivity contribution in [3.8, 4) is 0 Å². The fraction of sp³-hybridized carbons (Fsp3) is 0.308. The molecule has 5 heteroatoms. The van der Waals surface area contributed by atoms with Crippen LogP contribution in [0.2, 0.25) is 0 Å². The van der Waals surface area contributed by atoms with E-state index < -0.39 is 11.6 Å². The zero-order valence-corrected chi connectivity index (χ0v) is 12.1. The number of carbonyl (C=O) groups excluding carboxylic acids is 2. The van der Waals surface area contributed by atoms with E-state index in [2.05, 4.69) is 27.5 Å². The standard InChI is InChI=1S/C13H14BrNO3/c1-8(14)11-6-9(5-10(7-16)15-11)12(17)18-13(2,3)4/h5-7H,1H2,2-4H3. The number of aldehydes is 1. The number of esters is 1. The van der Waals surface area contributed by atoms with Crippen LogP contribution >= 0.6 is 15.9 Å². The van der Waals surface area contributed by atoms with Crippen molar-refractivity contribution in [1.29, 1.82) is 0 Å². The summed E-state index contributed by atoms with van der Waals surface area (Å²) >= 11 is 3.17. The lowest BCUT2D eigenvalue weighted by atomic mass is 10.1. The monoisotopic (exact) mass is 311 g/mol. The van der Waals surface area contributed by atoms with Gasteiger partial charge in [0, 0.05) is 4.48 Å². The van der Waals surface area contributed by atoms with E-state index in [1.54, 1.807) is 20.8 Å². The highest BCUT2D eigenvalue weighted by molar-refractivity contribution is 9.15. The van der Waals surface area contributed by atoms with Crippen LogP contribution in [0.3, 0.4) is 0 Å². The normalized spacial score (nSPS) is 10.9. The number of hydrogen-bond acceptors (Lipinski definition) is 4. The maximum Gasteiger partial charge on any atom is 0.338 e. The molecule has 0 spiro atoms. The summed E-state index contributed by atoms with van der Waals surface area (Å²) in [6.45, 7) is 8.99. The molecule has 1 rings (SSSR count). The quantitative estimate of drug-likeness (QED) is 0.635. The van der Waals surface area contributed by atoms with Crippen LogP contribution in [-0.2, 0) is 4.74 Å². The SMILES string of the molecule is C=C(Br)c1cc(C(=O)OC(C)(C)C)cc(C=O)n1. The largest absolute Gasteiger partial charge is 0.456 e. The molecule has 18 heavy (non-hydrogen) atoms. The van der Waals surface area contributed by atoms with E-state index in [0.717, 1.165) is 0 Å². The van der Waals surface area contributed by atoms with Gasteiger partial charge in [-0.3, -0.25) is 4.79 Å². The molecule has 1 aromatic heterocycles. The second-order valence-corrected chi connectivity index (χ2v) is 5.65. The summed E-state index contributed by atoms with van der Waals surface area (Å²) in [7, 11) is 0. The first-order valence-electron chi connectivity index (χ1n) is 5.28. The van der Waals surface area contributed by atoms with Crippen molar-refractivity contribution in [2.45, 2.75) is 26.4 Å². The van der Waals surface area contributed by atoms with E-state index in [9.17, 15) is 9.59 Å². The minimum Gasteiger partial charge on any atom is -0.456 e. The van der Waals surface area contributed by atoms with Crippen molar-refractivity contribution >= 4 is 32.7 Å². The third-order valence-corrected chi connectivity index (χ3v) is 2.28. The van der Waals surface area contributed by atoms with Crippen LogP contribution in [0.25, 0.3) is 4.48 Å². The second-order valence-electron chi connectivity index (χ2n) is 4.69. The van der Waals surface area contributed by atoms with Gasteiger partial charge >= 0.3 is 5.97 Å². The van der Waals surface area contributed by atoms with Crippen molar-refractivity contribution in [1.82, 2.24) is 4.98 Å². The van der Waals surface area contributed by atoms with Crippen LogP contribution in [0.5, 0.6) is 0 Å². The van der Waals surface area contributed by atoms with Crippen molar-refractivity contribution in [3.05, 3.63) is 35.7 Å². The number of carbonyl (C=O) groups is 2. The molecule has 0 radical (unpaired) electrons. The Labute approximate surface area is 114 Å². The van der Waals surface area contributed by atoms with Gasteiger partial charge in [0.25, 0.3) is 0 Å². The van der Waals surface area contributed by atoms with Gasteiger partial charge in [-0.25, -0.2) is 9.78 Å². The topological polar surface area (TPSA) is 56.3 Å². The third-order valence-electron chi connectivity index (χ3n) is 1.88. The number of halogens is 1. The molecular formula is C13H14BrNO3. The van der Waals surface area contributed by atoms with E-state index in [0.29, 0.717) is 16.5 Å². The van der Waals surface area contributed by atoms with Crippen molar-refractivity contribution in [2.75, 3.05) is 0 Å². The van der Waals surface area contributed by atoms with Gasteiger partial charge in [-0.1, -0.05) is 6.58 Å². The van der Waals surface area contributed by atoms with Crippen molar-refractivity contribution in [3.63, 3.8) is 0 Å². The number of ether oxygens (including phenoxy) is 1. The first-order chi connectivity index (χ1) is 8.23. The summed E-state index contributed by atoms with van der Waals surface area (Å²) in [5, 5.41) is 0. The van der Waals surface area contributed by atoms with Crippen LogP contribution in [-0.4, -0.2) is 22.8 Å². The minimum atomic E-state index is -0.590. The van der Waals surface area contributed by atoms with Gasteiger partial charge in [-0.05, 0) is 48.8 Å². The number of rotatable bonds is 3. The smallest absolute Gasteiger partial charge is 0.338 e. The average molecular weight is 312 g/mol. The molecule has 0 amide bonds. The van der Waals surface area contributed by atoms with Crippen LogP contribution in [0.4, 0.5) is 0 Å². The Morgan fingerprint density at radius 3 is 2.50 bits per heavy atom. The average Bonchev–Trinajstić information content (AvgIpc) is 2.26. The zero-order chi connectivity index (χ0) is 13.9. The molecule has 0 N–H and O–H groups in total. The molecule has 96 valence electrons. The van der Waals surface area contributed by atoms with Gasteiger partial charge in [0.05, 0.1) is 11.3 Å². The lowest BCUT2D eigenvalue weighted by Gasteiger charge is -2.19. The summed E-state index contributed by atoms with van der Waals surface area (Å²) < 4.78 is 5.73. The first kappa shape index (κ1) is 14.6. The summed E-state index contributed by atoms with van der Waals surface area (Å²) in [6, 6.07) is 2.92. The van der Waals surface area contributed by atoms with E-state index >= 15 is 0 Å². The molecular weight excluding hydrogens is 298 g/mol. The van der Waals surface area contributed by atoms with Gasteiger partial charge in [0.2, 0.25) is 0 Å². The maximum absolute atomic E-state index is 11.9. The zero-order valence-electron chi connectivity index (χ0n) is 10.5. The van der Waals surface area contributed by atoms with Crippen LogP contribution in [0, 0.1) is 0 Å². The molecule has 0 atom stereocenters. The van der Waals surface area contributed by atoms with Crippen LogP contribution < -0.4 is 0 Å². The molecule has 0 aromatic carbocycles. The van der Waals surface area contributed by atoms with Gasteiger partial charge in [0.1, 0.15) is 11.3 Å². The highest BCUT2D eigenvalue weighted by Gasteiger charge is 2.19. The Morgan fingerprint density at radius 1 is 1.44 bits per heavy atom. The predicted molar refractivity (Wildman–Crippen MR) is 72.8 cm³/mol. The Morgan fingerprint density at radius 2 is 2.06 bits per heavy atom. The van der Waals surface area contributed by atoms with E-state index in [4.69, 9.17) is 4.74 Å². The van der Waals surface area contributed by atoms with E-state index in [-0.39, 0.29) is 11.3 Å². The molecule has 0 unspecified atom stereocenters. The maximum atomic E-state index is 11.9. The number of aromatic nitrogens is 1. The number of hydrogen-bond donors (Lipinski definition) is 0. The molecule has 0 aliphatic carbocycles. The minimum absolute atomic E-state index is 0.161. The fourth-order valence-corrected chi connectivity index (χ4v) is 1.41. The number of pyridine rings is 1. The lowest BCUT2D eigenvalue weighted by molar-refractivity contribution is 0.00693. The Kier molecular flexibility index (Phi) is 4.40. The molecule has 0 saturated heterocycles. The highest BCUT2D eigenvalue weighted by atomic mass is 79.9.